The first-order valence-corrected chi connectivity index (χ1v) is 9.67. The molecular formula is C18H18N8OS. The van der Waals surface area contributed by atoms with Crippen molar-refractivity contribution < 1.29 is 4.74 Å². The van der Waals surface area contributed by atoms with E-state index in [0.29, 0.717) is 24.8 Å². The maximum atomic E-state index is 8.82. The molecule has 28 heavy (non-hydrogen) atoms. The van der Waals surface area contributed by atoms with Gasteiger partial charge in [-0.15, -0.1) is 21.5 Å². The number of hydrogen-bond acceptors (Lipinski definition) is 10. The molecule has 3 N–H and O–H groups in total. The summed E-state index contributed by atoms with van der Waals surface area (Å²) in [5, 5.41) is 29.3. The summed E-state index contributed by atoms with van der Waals surface area (Å²) in [5.41, 5.74) is 1.90. The molecule has 1 saturated heterocycles. The van der Waals surface area contributed by atoms with Crippen molar-refractivity contribution in [1.82, 2.24) is 25.5 Å². The van der Waals surface area contributed by atoms with Gasteiger partial charge in [0.05, 0.1) is 35.7 Å². The Bertz CT molecular complexity index is 949. The number of aromatic nitrogens is 4. The van der Waals surface area contributed by atoms with Crippen LogP contribution in [-0.2, 0) is 4.74 Å². The smallest absolute Gasteiger partial charge is 0.158 e. The van der Waals surface area contributed by atoms with Crippen molar-refractivity contribution in [3.05, 3.63) is 41.7 Å². The van der Waals surface area contributed by atoms with Gasteiger partial charge in [-0.25, -0.2) is 9.97 Å². The van der Waals surface area contributed by atoms with Crippen LogP contribution in [-0.4, -0.2) is 52.5 Å². The van der Waals surface area contributed by atoms with E-state index in [2.05, 4.69) is 36.1 Å². The standard InChI is InChI=1S/C18H18N8OS/c19-7-12-8-23-17(11-21-12)24-16-6-14(22-10-13-9-20-3-4-27-13)18(26-25-16)15-2-1-5-28-15/h1-2,5-6,8,11,13,20H,3-4,9-10H2,(H2,22,23,24,25). The lowest BCUT2D eigenvalue weighted by Crippen LogP contribution is -2.42. The minimum atomic E-state index is 0.0962. The lowest BCUT2D eigenvalue weighted by atomic mass is 10.2. The van der Waals surface area contributed by atoms with E-state index in [-0.39, 0.29) is 11.8 Å². The summed E-state index contributed by atoms with van der Waals surface area (Å²) in [6.45, 7) is 3.06. The number of morpholine rings is 1. The molecule has 1 aliphatic heterocycles. The molecular weight excluding hydrogens is 376 g/mol. The van der Waals surface area contributed by atoms with Gasteiger partial charge in [-0.3, -0.25) is 0 Å². The number of nitrogens with one attached hydrogen (secondary N) is 3. The van der Waals surface area contributed by atoms with E-state index in [0.717, 1.165) is 29.3 Å². The maximum Gasteiger partial charge on any atom is 0.158 e. The van der Waals surface area contributed by atoms with Crippen molar-refractivity contribution >= 4 is 28.7 Å². The minimum Gasteiger partial charge on any atom is -0.380 e. The van der Waals surface area contributed by atoms with Crippen LogP contribution < -0.4 is 16.0 Å². The molecule has 4 heterocycles. The second-order valence-corrected chi connectivity index (χ2v) is 7.02. The zero-order chi connectivity index (χ0) is 19.2. The number of nitriles is 1. The second kappa shape index (κ2) is 8.71. The maximum absolute atomic E-state index is 8.82. The van der Waals surface area contributed by atoms with Gasteiger partial charge in [-0.05, 0) is 11.4 Å². The first kappa shape index (κ1) is 18.2. The van der Waals surface area contributed by atoms with E-state index in [9.17, 15) is 0 Å². The van der Waals surface area contributed by atoms with E-state index in [1.165, 1.54) is 12.4 Å². The van der Waals surface area contributed by atoms with Crippen LogP contribution in [0.3, 0.4) is 0 Å². The van der Waals surface area contributed by atoms with Crippen LogP contribution in [0.25, 0.3) is 10.6 Å². The summed E-state index contributed by atoms with van der Waals surface area (Å²) >= 11 is 1.61. The molecule has 0 amide bonds. The fourth-order valence-electron chi connectivity index (χ4n) is 2.74. The van der Waals surface area contributed by atoms with Crippen molar-refractivity contribution in [1.29, 1.82) is 5.26 Å². The van der Waals surface area contributed by atoms with Crippen molar-refractivity contribution in [2.24, 2.45) is 0 Å². The van der Waals surface area contributed by atoms with Crippen molar-refractivity contribution in [3.63, 3.8) is 0 Å². The molecule has 0 aromatic carbocycles. The quantitative estimate of drug-likeness (QED) is 0.576. The van der Waals surface area contributed by atoms with Crippen LogP contribution in [0, 0.1) is 11.3 Å². The summed E-state index contributed by atoms with van der Waals surface area (Å²) in [7, 11) is 0. The fraction of sp³-hybridized carbons (Fsp3) is 0.278. The van der Waals surface area contributed by atoms with Crippen LogP contribution in [0.2, 0.25) is 0 Å². The van der Waals surface area contributed by atoms with Gasteiger partial charge in [0.1, 0.15) is 17.6 Å². The average Bonchev–Trinajstić information content (AvgIpc) is 3.28. The molecule has 142 valence electrons. The predicted octanol–water partition coefficient (Wildman–Crippen LogP) is 2.01. The Hall–Kier alpha value is -3.13. The molecule has 4 rings (SSSR count). The number of rotatable bonds is 6. The Labute approximate surface area is 165 Å². The molecule has 1 aliphatic rings. The van der Waals surface area contributed by atoms with E-state index in [4.69, 9.17) is 10.00 Å². The van der Waals surface area contributed by atoms with Crippen LogP contribution >= 0.6 is 11.3 Å². The van der Waals surface area contributed by atoms with Gasteiger partial charge < -0.3 is 20.7 Å². The summed E-state index contributed by atoms with van der Waals surface area (Å²) in [4.78, 5) is 9.19. The molecule has 9 nitrogen and oxygen atoms in total. The normalized spacial score (nSPS) is 16.3. The number of anilines is 3. The largest absolute Gasteiger partial charge is 0.380 e. The second-order valence-electron chi connectivity index (χ2n) is 6.07. The Morgan fingerprint density at radius 1 is 1.29 bits per heavy atom. The van der Waals surface area contributed by atoms with E-state index < -0.39 is 0 Å². The zero-order valence-corrected chi connectivity index (χ0v) is 15.7. The number of nitrogens with zero attached hydrogens (tertiary/aromatic N) is 5. The monoisotopic (exact) mass is 394 g/mol. The average molecular weight is 394 g/mol. The highest BCUT2D eigenvalue weighted by atomic mass is 32.1. The van der Waals surface area contributed by atoms with Crippen LogP contribution in [0.15, 0.2) is 36.0 Å². The highest BCUT2D eigenvalue weighted by Gasteiger charge is 2.16. The Kier molecular flexibility index (Phi) is 5.67. The molecule has 10 heteroatoms. The third kappa shape index (κ3) is 4.40. The molecule has 3 aromatic rings. The Morgan fingerprint density at radius 3 is 2.96 bits per heavy atom. The molecule has 3 aromatic heterocycles. The van der Waals surface area contributed by atoms with Gasteiger partial charge in [-0.1, -0.05) is 6.07 Å². The lowest BCUT2D eigenvalue weighted by molar-refractivity contribution is 0.0372. The highest BCUT2D eigenvalue weighted by molar-refractivity contribution is 7.13. The van der Waals surface area contributed by atoms with Gasteiger partial charge in [-0.2, -0.15) is 5.26 Å². The van der Waals surface area contributed by atoms with Crippen LogP contribution in [0.4, 0.5) is 17.3 Å². The van der Waals surface area contributed by atoms with Gasteiger partial charge >= 0.3 is 0 Å². The first-order chi connectivity index (χ1) is 13.8. The molecule has 1 fully saturated rings. The van der Waals surface area contributed by atoms with E-state index in [1.54, 1.807) is 11.3 Å². The number of thiophene rings is 1. The molecule has 0 bridgehead atoms. The van der Waals surface area contributed by atoms with Gasteiger partial charge in [0, 0.05) is 25.7 Å². The Morgan fingerprint density at radius 2 is 2.25 bits per heavy atom. The number of ether oxygens (including phenoxy) is 1. The van der Waals surface area contributed by atoms with E-state index in [1.807, 2.05) is 29.6 Å². The summed E-state index contributed by atoms with van der Waals surface area (Å²) < 4.78 is 5.76. The van der Waals surface area contributed by atoms with Crippen molar-refractivity contribution in [2.75, 3.05) is 36.9 Å². The van der Waals surface area contributed by atoms with Gasteiger partial charge in [0.2, 0.25) is 0 Å². The summed E-state index contributed by atoms with van der Waals surface area (Å²) in [6, 6.07) is 7.83. The molecule has 0 saturated carbocycles. The third-order valence-corrected chi connectivity index (χ3v) is 4.97. The fourth-order valence-corrected chi connectivity index (χ4v) is 3.46. The molecule has 1 atom stereocenters. The third-order valence-electron chi connectivity index (χ3n) is 4.10. The molecule has 0 aliphatic carbocycles. The van der Waals surface area contributed by atoms with Gasteiger partial charge in [0.15, 0.2) is 11.5 Å². The summed E-state index contributed by atoms with van der Waals surface area (Å²) in [6.07, 6.45) is 2.99. The Balaban J connectivity index is 1.55. The minimum absolute atomic E-state index is 0.0962. The SMILES string of the molecule is N#Cc1cnc(Nc2cc(NCC3CNCCO3)c(-c3cccs3)nn2)cn1. The molecule has 0 radical (unpaired) electrons. The van der Waals surface area contributed by atoms with Crippen molar-refractivity contribution in [2.45, 2.75) is 6.10 Å². The predicted molar refractivity (Wildman–Crippen MR) is 106 cm³/mol. The number of hydrogen-bond donors (Lipinski definition) is 3. The van der Waals surface area contributed by atoms with Crippen LogP contribution in [0.5, 0.6) is 0 Å². The lowest BCUT2D eigenvalue weighted by Gasteiger charge is -2.24. The topological polar surface area (TPSA) is 121 Å². The first-order valence-electron chi connectivity index (χ1n) is 8.79. The molecule has 0 spiro atoms. The van der Waals surface area contributed by atoms with Gasteiger partial charge in [0.25, 0.3) is 0 Å². The molecule has 1 unspecified atom stereocenters. The van der Waals surface area contributed by atoms with Crippen LogP contribution in [0.1, 0.15) is 5.69 Å². The van der Waals surface area contributed by atoms with E-state index >= 15 is 0 Å². The highest BCUT2D eigenvalue weighted by Crippen LogP contribution is 2.31. The summed E-state index contributed by atoms with van der Waals surface area (Å²) in [5.74, 6) is 1.02. The van der Waals surface area contributed by atoms with Crippen molar-refractivity contribution in [3.8, 4) is 16.6 Å². The zero-order valence-electron chi connectivity index (χ0n) is 14.9.